The molecule has 3 atom stereocenters. The van der Waals surface area contributed by atoms with Crippen molar-refractivity contribution in [3.8, 4) is 0 Å². The number of imidazole rings is 1. The highest BCUT2D eigenvalue weighted by Gasteiger charge is 2.54. The molecule has 0 radical (unpaired) electrons. The maximum absolute atomic E-state index is 12.7. The highest BCUT2D eigenvalue weighted by atomic mass is 32.1. The molecule has 1 saturated heterocycles. The largest absolute Gasteiger partial charge is 0.444 e. The molecule has 140 valence electrons. The number of rotatable bonds is 3. The van der Waals surface area contributed by atoms with Crippen LogP contribution in [0.2, 0.25) is 0 Å². The smallest absolute Gasteiger partial charge is 0.410 e. The Kier molecular flexibility index (Phi) is 3.98. The van der Waals surface area contributed by atoms with Gasteiger partial charge < -0.3 is 15.0 Å². The number of likely N-dealkylation sites (tertiary alicyclic amines) is 1. The van der Waals surface area contributed by atoms with E-state index in [1.807, 2.05) is 43.7 Å². The van der Waals surface area contributed by atoms with Crippen LogP contribution in [0.1, 0.15) is 43.4 Å². The van der Waals surface area contributed by atoms with Crippen LogP contribution in [0.15, 0.2) is 11.6 Å². The summed E-state index contributed by atoms with van der Waals surface area (Å²) < 4.78 is 7.34. The molecule has 1 N–H and O–H groups in total. The van der Waals surface area contributed by atoms with Crippen LogP contribution in [0, 0.1) is 18.8 Å². The van der Waals surface area contributed by atoms with E-state index in [0.717, 1.165) is 17.9 Å². The summed E-state index contributed by atoms with van der Waals surface area (Å²) in [7, 11) is 0. The van der Waals surface area contributed by atoms with Gasteiger partial charge in [-0.05, 0) is 46.0 Å². The van der Waals surface area contributed by atoms with Gasteiger partial charge in [-0.3, -0.25) is 9.20 Å². The third kappa shape index (κ3) is 3.06. The standard InChI is InChI=1S/C18H24N4O3S/c1-10-14(21-5-6-26-16(21)20-10)15(23)19-8-13-12-7-11(12)9-22(13)17(24)25-18(2,3)4/h5-6,11-13H,7-9H2,1-4H3,(H,19,23)/t11-,12-,13+/m0/s1. The van der Waals surface area contributed by atoms with Gasteiger partial charge in [-0.25, -0.2) is 9.78 Å². The van der Waals surface area contributed by atoms with Crippen molar-refractivity contribution in [2.75, 3.05) is 13.1 Å². The number of amides is 2. The Balaban J connectivity index is 1.44. The minimum Gasteiger partial charge on any atom is -0.444 e. The van der Waals surface area contributed by atoms with E-state index >= 15 is 0 Å². The number of aryl methyl sites for hydroxylation is 1. The molecular weight excluding hydrogens is 352 g/mol. The fourth-order valence-electron chi connectivity index (χ4n) is 3.81. The van der Waals surface area contributed by atoms with Crippen molar-refractivity contribution >= 4 is 28.3 Å². The van der Waals surface area contributed by atoms with Crippen LogP contribution in [-0.2, 0) is 4.74 Å². The fraction of sp³-hybridized carbons (Fsp3) is 0.611. The summed E-state index contributed by atoms with van der Waals surface area (Å²) in [6, 6.07) is 0.00462. The van der Waals surface area contributed by atoms with Gasteiger partial charge in [0.1, 0.15) is 11.3 Å². The van der Waals surface area contributed by atoms with E-state index in [2.05, 4.69) is 10.3 Å². The number of hydrogen-bond donors (Lipinski definition) is 1. The molecule has 2 fully saturated rings. The number of nitrogens with one attached hydrogen (secondary N) is 1. The van der Waals surface area contributed by atoms with Crippen molar-refractivity contribution in [1.82, 2.24) is 19.6 Å². The summed E-state index contributed by atoms with van der Waals surface area (Å²) in [5.41, 5.74) is 0.765. The van der Waals surface area contributed by atoms with E-state index in [9.17, 15) is 9.59 Å². The molecule has 3 heterocycles. The molecule has 4 rings (SSSR count). The minimum absolute atomic E-state index is 0.00462. The van der Waals surface area contributed by atoms with Crippen molar-refractivity contribution < 1.29 is 14.3 Å². The lowest BCUT2D eigenvalue weighted by Crippen LogP contribution is -2.47. The molecule has 0 bridgehead atoms. The zero-order valence-corrected chi connectivity index (χ0v) is 16.3. The quantitative estimate of drug-likeness (QED) is 0.894. The average molecular weight is 376 g/mol. The van der Waals surface area contributed by atoms with Crippen molar-refractivity contribution in [1.29, 1.82) is 0 Å². The monoisotopic (exact) mass is 376 g/mol. The number of ether oxygens (including phenoxy) is 1. The Morgan fingerprint density at radius 1 is 1.42 bits per heavy atom. The summed E-state index contributed by atoms with van der Waals surface area (Å²) in [6.07, 6.45) is 2.69. The first kappa shape index (κ1) is 17.3. The van der Waals surface area contributed by atoms with Gasteiger partial charge in [-0.15, -0.1) is 11.3 Å². The van der Waals surface area contributed by atoms with Gasteiger partial charge in [0.25, 0.3) is 5.91 Å². The van der Waals surface area contributed by atoms with Crippen LogP contribution >= 0.6 is 11.3 Å². The Bertz CT molecular complexity index is 866. The number of aromatic nitrogens is 2. The molecule has 2 aromatic heterocycles. The van der Waals surface area contributed by atoms with Crippen LogP contribution in [0.5, 0.6) is 0 Å². The SMILES string of the molecule is Cc1nc2sccn2c1C(=O)NC[C@@H]1[C@H]2C[C@H]2CN1C(=O)OC(C)(C)C. The van der Waals surface area contributed by atoms with E-state index in [1.165, 1.54) is 11.3 Å². The molecule has 26 heavy (non-hydrogen) atoms. The van der Waals surface area contributed by atoms with Crippen molar-refractivity contribution in [2.24, 2.45) is 11.8 Å². The van der Waals surface area contributed by atoms with Gasteiger partial charge in [-0.2, -0.15) is 0 Å². The van der Waals surface area contributed by atoms with Crippen LogP contribution in [-0.4, -0.2) is 51.0 Å². The molecule has 1 saturated carbocycles. The second-order valence-corrected chi connectivity index (χ2v) is 9.04. The van der Waals surface area contributed by atoms with Crippen molar-refractivity contribution in [2.45, 2.75) is 45.8 Å². The minimum atomic E-state index is -0.517. The van der Waals surface area contributed by atoms with Gasteiger partial charge >= 0.3 is 6.09 Å². The zero-order valence-electron chi connectivity index (χ0n) is 15.5. The van der Waals surface area contributed by atoms with Crippen LogP contribution in [0.3, 0.4) is 0 Å². The molecule has 2 amide bonds. The molecule has 8 heteroatoms. The normalized spacial score (nSPS) is 24.6. The first-order valence-electron chi connectivity index (χ1n) is 8.94. The highest BCUT2D eigenvalue weighted by Crippen LogP contribution is 2.49. The summed E-state index contributed by atoms with van der Waals surface area (Å²) >= 11 is 1.50. The number of thiazole rings is 1. The number of hydrogen-bond acceptors (Lipinski definition) is 5. The van der Waals surface area contributed by atoms with Gasteiger partial charge in [0.05, 0.1) is 11.7 Å². The third-order valence-corrected chi connectivity index (χ3v) is 5.81. The van der Waals surface area contributed by atoms with Crippen LogP contribution in [0.4, 0.5) is 4.79 Å². The molecule has 0 spiro atoms. The second-order valence-electron chi connectivity index (χ2n) is 8.17. The van der Waals surface area contributed by atoms with E-state index in [-0.39, 0.29) is 18.0 Å². The van der Waals surface area contributed by atoms with E-state index in [4.69, 9.17) is 4.74 Å². The van der Waals surface area contributed by atoms with Gasteiger partial charge in [-0.1, -0.05) is 0 Å². The summed E-state index contributed by atoms with van der Waals surface area (Å²) in [5, 5.41) is 4.92. The molecule has 1 aliphatic carbocycles. The molecule has 0 unspecified atom stereocenters. The summed E-state index contributed by atoms with van der Waals surface area (Å²) in [5.74, 6) is 0.863. The van der Waals surface area contributed by atoms with Crippen LogP contribution < -0.4 is 5.32 Å². The van der Waals surface area contributed by atoms with Crippen molar-refractivity contribution in [3.05, 3.63) is 23.0 Å². The lowest BCUT2D eigenvalue weighted by atomic mass is 10.2. The number of piperidine rings is 1. The average Bonchev–Trinajstić information content (AvgIpc) is 2.86. The Morgan fingerprint density at radius 3 is 2.92 bits per heavy atom. The topological polar surface area (TPSA) is 75.9 Å². The Hall–Kier alpha value is -2.09. The van der Waals surface area contributed by atoms with Gasteiger partial charge in [0.15, 0.2) is 4.96 Å². The third-order valence-electron chi connectivity index (χ3n) is 5.05. The number of nitrogens with zero attached hydrogens (tertiary/aromatic N) is 3. The first-order chi connectivity index (χ1) is 12.2. The predicted octanol–water partition coefficient (Wildman–Crippen LogP) is 2.69. The van der Waals surface area contributed by atoms with Crippen LogP contribution in [0.25, 0.3) is 4.96 Å². The number of carbonyl (C=O) groups excluding carboxylic acids is 2. The Labute approximate surface area is 156 Å². The van der Waals surface area contributed by atoms with Gasteiger partial charge in [0, 0.05) is 24.7 Å². The van der Waals surface area contributed by atoms with E-state index < -0.39 is 5.60 Å². The molecular formula is C18H24N4O3S. The predicted molar refractivity (Wildman–Crippen MR) is 98.5 cm³/mol. The maximum atomic E-state index is 12.7. The molecule has 2 aromatic rings. The lowest BCUT2D eigenvalue weighted by molar-refractivity contribution is 0.0192. The van der Waals surface area contributed by atoms with Crippen molar-refractivity contribution in [3.63, 3.8) is 0 Å². The highest BCUT2D eigenvalue weighted by molar-refractivity contribution is 7.15. The molecule has 1 aliphatic heterocycles. The lowest BCUT2D eigenvalue weighted by Gasteiger charge is -2.30. The number of fused-ring (bicyclic) bond motifs is 2. The molecule has 2 aliphatic rings. The van der Waals surface area contributed by atoms with Gasteiger partial charge in [0.2, 0.25) is 0 Å². The molecule has 0 aromatic carbocycles. The summed E-state index contributed by atoms with van der Waals surface area (Å²) in [4.78, 5) is 32.2. The summed E-state index contributed by atoms with van der Waals surface area (Å²) in [6.45, 7) is 8.61. The van der Waals surface area contributed by atoms with E-state index in [0.29, 0.717) is 29.8 Å². The molecule has 7 nitrogen and oxygen atoms in total. The van der Waals surface area contributed by atoms with E-state index in [1.54, 1.807) is 4.90 Å². The zero-order chi connectivity index (χ0) is 18.6. The maximum Gasteiger partial charge on any atom is 0.410 e. The Morgan fingerprint density at radius 2 is 2.19 bits per heavy atom. The number of carbonyl (C=O) groups is 2. The fourth-order valence-corrected chi connectivity index (χ4v) is 4.57. The first-order valence-corrected chi connectivity index (χ1v) is 9.82. The second kappa shape index (κ2) is 5.97.